The molecule has 6 heteroatoms. The zero-order valence-corrected chi connectivity index (χ0v) is 26.8. The predicted octanol–water partition coefficient (Wildman–Crippen LogP) is 7.14. The first-order valence-corrected chi connectivity index (χ1v) is 17.0. The number of hydrogen-bond acceptors (Lipinski definition) is 4. The van der Waals surface area contributed by atoms with E-state index < -0.39 is 0 Å². The Morgan fingerprint density at radius 2 is 1.59 bits per heavy atom. The lowest BCUT2D eigenvalue weighted by molar-refractivity contribution is 0.134. The molecule has 0 radical (unpaired) electrons. The number of guanidine groups is 2. The highest BCUT2D eigenvalue weighted by molar-refractivity contribution is 5.80. The highest BCUT2D eigenvalue weighted by atomic mass is 15.4. The number of hydrogen-bond donors (Lipinski definition) is 2. The van der Waals surface area contributed by atoms with E-state index in [1.54, 1.807) is 0 Å². The van der Waals surface area contributed by atoms with Gasteiger partial charge in [0.1, 0.15) is 0 Å². The summed E-state index contributed by atoms with van der Waals surface area (Å²) >= 11 is 0. The van der Waals surface area contributed by atoms with Crippen LogP contribution in [0.2, 0.25) is 0 Å². The molecule has 1 saturated carbocycles. The molecule has 1 aliphatic carbocycles. The number of nitrogens with one attached hydrogen (secondary N) is 1. The first-order chi connectivity index (χ1) is 19.8. The number of unbranched alkanes of at least 4 members (excludes halogenated alkanes) is 5. The molecular formula is C35H60N6. The van der Waals surface area contributed by atoms with Crippen LogP contribution in [0.4, 0.5) is 0 Å². The van der Waals surface area contributed by atoms with E-state index in [1.807, 2.05) is 0 Å². The van der Waals surface area contributed by atoms with Crippen molar-refractivity contribution in [3.05, 3.63) is 35.9 Å². The summed E-state index contributed by atoms with van der Waals surface area (Å²) in [5.74, 6) is 3.08. The second-order valence-corrected chi connectivity index (χ2v) is 14.3. The Morgan fingerprint density at radius 3 is 2.29 bits per heavy atom. The molecule has 4 rings (SSSR count). The van der Waals surface area contributed by atoms with Gasteiger partial charge in [-0.25, -0.2) is 0 Å². The average molecular weight is 565 g/mol. The molecule has 2 atom stereocenters. The molecule has 1 aromatic rings. The second-order valence-electron chi connectivity index (χ2n) is 14.3. The van der Waals surface area contributed by atoms with Crippen molar-refractivity contribution in [2.24, 2.45) is 28.0 Å². The van der Waals surface area contributed by atoms with E-state index in [0.29, 0.717) is 23.4 Å². The molecule has 3 aliphatic rings. The van der Waals surface area contributed by atoms with Gasteiger partial charge in [0.2, 0.25) is 0 Å². The quantitative estimate of drug-likeness (QED) is 0.222. The largest absolute Gasteiger partial charge is 0.370 e. The molecule has 2 aliphatic heterocycles. The van der Waals surface area contributed by atoms with Crippen LogP contribution >= 0.6 is 0 Å². The van der Waals surface area contributed by atoms with E-state index in [9.17, 15) is 5.41 Å². The van der Waals surface area contributed by atoms with Crippen LogP contribution < -0.4 is 5.73 Å². The Morgan fingerprint density at radius 1 is 0.878 bits per heavy atom. The normalized spacial score (nSPS) is 25.3. The molecule has 230 valence electrons. The third-order valence-electron chi connectivity index (χ3n) is 10.2. The van der Waals surface area contributed by atoms with Crippen molar-refractivity contribution in [3.8, 4) is 0 Å². The molecule has 2 heterocycles. The average Bonchev–Trinajstić information content (AvgIpc) is 3.45. The number of aliphatic imine (C=N–C) groups is 1. The van der Waals surface area contributed by atoms with Crippen LogP contribution in [0.25, 0.3) is 0 Å². The van der Waals surface area contributed by atoms with E-state index >= 15 is 0 Å². The van der Waals surface area contributed by atoms with Crippen LogP contribution in [0.5, 0.6) is 0 Å². The Bertz CT molecular complexity index is 945. The zero-order chi connectivity index (χ0) is 29.2. The van der Waals surface area contributed by atoms with E-state index in [4.69, 9.17) is 5.73 Å². The molecule has 41 heavy (non-hydrogen) atoms. The maximum Gasteiger partial charge on any atom is 0.194 e. The van der Waals surface area contributed by atoms with Crippen LogP contribution in [0.3, 0.4) is 0 Å². The van der Waals surface area contributed by atoms with Gasteiger partial charge in [-0.3, -0.25) is 10.4 Å². The molecule has 1 aromatic carbocycles. The second kappa shape index (κ2) is 15.3. The third-order valence-corrected chi connectivity index (χ3v) is 10.2. The first-order valence-electron chi connectivity index (χ1n) is 17.0. The van der Waals surface area contributed by atoms with Crippen LogP contribution in [0.1, 0.15) is 110 Å². The molecule has 0 spiro atoms. The van der Waals surface area contributed by atoms with Crippen LogP contribution in [-0.2, 0) is 6.42 Å². The van der Waals surface area contributed by atoms with Crippen LogP contribution in [0.15, 0.2) is 35.3 Å². The van der Waals surface area contributed by atoms with Gasteiger partial charge in [0.05, 0.1) is 18.6 Å². The van der Waals surface area contributed by atoms with Gasteiger partial charge in [-0.05, 0) is 80.6 Å². The van der Waals surface area contributed by atoms with E-state index in [1.165, 1.54) is 69.8 Å². The molecule has 0 aromatic heterocycles. The van der Waals surface area contributed by atoms with Gasteiger partial charge in [0.15, 0.2) is 11.9 Å². The van der Waals surface area contributed by atoms with E-state index in [2.05, 4.69) is 77.7 Å². The number of nitrogens with two attached hydrogens (primary N) is 1. The summed E-state index contributed by atoms with van der Waals surface area (Å²) in [7, 11) is 0. The van der Waals surface area contributed by atoms with E-state index in [0.717, 1.165) is 69.8 Å². The fraction of sp³-hybridized carbons (Fsp3) is 0.771. The lowest BCUT2D eigenvalue weighted by Crippen LogP contribution is -2.41. The van der Waals surface area contributed by atoms with Crippen molar-refractivity contribution >= 4 is 11.9 Å². The van der Waals surface area contributed by atoms with Gasteiger partial charge in [-0.2, -0.15) is 0 Å². The molecule has 0 bridgehead atoms. The molecule has 3 N–H and O–H groups in total. The minimum atomic E-state index is 0.400. The summed E-state index contributed by atoms with van der Waals surface area (Å²) in [6, 6.07) is 11.8. The summed E-state index contributed by atoms with van der Waals surface area (Å²) in [4.78, 5) is 11.8. The van der Waals surface area contributed by atoms with Crippen LogP contribution in [0, 0.1) is 22.7 Å². The smallest absolute Gasteiger partial charge is 0.194 e. The summed E-state index contributed by atoms with van der Waals surface area (Å²) in [5.41, 5.74) is 8.07. The Hall–Kier alpha value is -2.24. The highest BCUT2D eigenvalue weighted by Gasteiger charge is 2.37. The number of benzene rings is 1. The highest BCUT2D eigenvalue weighted by Crippen LogP contribution is 2.40. The molecule has 1 saturated heterocycles. The van der Waals surface area contributed by atoms with Gasteiger partial charge in [-0.1, -0.05) is 83.7 Å². The topological polar surface area (TPSA) is 72.0 Å². The van der Waals surface area contributed by atoms with Gasteiger partial charge in [-0.15, -0.1) is 0 Å². The molecule has 0 unspecified atom stereocenters. The van der Waals surface area contributed by atoms with Crippen molar-refractivity contribution in [3.63, 3.8) is 0 Å². The summed E-state index contributed by atoms with van der Waals surface area (Å²) in [6.45, 7) is 14.4. The number of nitrogens with zero attached hydrogens (tertiary/aromatic N) is 4. The van der Waals surface area contributed by atoms with Crippen molar-refractivity contribution in [1.82, 2.24) is 14.7 Å². The van der Waals surface area contributed by atoms with Gasteiger partial charge in [0, 0.05) is 26.2 Å². The summed E-state index contributed by atoms with van der Waals surface area (Å²) in [5, 5.41) is 9.21. The molecular weight excluding hydrogens is 504 g/mol. The zero-order valence-electron chi connectivity index (χ0n) is 26.8. The minimum absolute atomic E-state index is 0.400. The van der Waals surface area contributed by atoms with Crippen molar-refractivity contribution in [2.75, 3.05) is 32.7 Å². The Labute approximate surface area is 251 Å². The Kier molecular flexibility index (Phi) is 11.8. The SMILES string of the molecule is CCCCCCCN1C(N)=NC[C@@H]1CCCCN1C[C@@H](Cc2ccccc2)N(CC2CCC(C(C)(C)C)CC2)C1=N. The predicted molar refractivity (Wildman–Crippen MR) is 174 cm³/mol. The lowest BCUT2D eigenvalue weighted by atomic mass is 9.70. The fourth-order valence-electron chi connectivity index (χ4n) is 7.46. The number of rotatable bonds is 15. The monoisotopic (exact) mass is 564 g/mol. The van der Waals surface area contributed by atoms with E-state index in [-0.39, 0.29) is 0 Å². The third kappa shape index (κ3) is 9.12. The maximum atomic E-state index is 9.21. The van der Waals surface area contributed by atoms with Gasteiger partial charge in [0.25, 0.3) is 0 Å². The Balaban J connectivity index is 1.26. The molecule has 2 fully saturated rings. The molecule has 0 amide bonds. The van der Waals surface area contributed by atoms with Crippen LogP contribution in [-0.4, -0.2) is 71.4 Å². The molecule has 6 nitrogen and oxygen atoms in total. The summed E-state index contributed by atoms with van der Waals surface area (Å²) in [6.07, 6.45) is 16.2. The van der Waals surface area contributed by atoms with Crippen molar-refractivity contribution < 1.29 is 0 Å². The van der Waals surface area contributed by atoms with Crippen molar-refractivity contribution in [2.45, 2.75) is 123 Å². The first kappa shape index (κ1) is 31.7. The maximum absolute atomic E-state index is 9.21. The minimum Gasteiger partial charge on any atom is -0.370 e. The van der Waals surface area contributed by atoms with Gasteiger partial charge < -0.3 is 20.4 Å². The van der Waals surface area contributed by atoms with Gasteiger partial charge >= 0.3 is 0 Å². The van der Waals surface area contributed by atoms with Crippen molar-refractivity contribution in [1.29, 1.82) is 5.41 Å². The fourth-order valence-corrected chi connectivity index (χ4v) is 7.46. The lowest BCUT2D eigenvalue weighted by Gasteiger charge is -2.39. The standard InChI is InChI=1S/C35H60N6/c1-5-6-7-8-13-23-40-31(25-38-33(40)36)17-12-14-22-39-27-32(24-28-15-10-9-11-16-28)41(34(39)37)26-29-18-20-30(21-19-29)35(2,3)4/h9-11,15-16,29-32,37H,5-8,12-14,17-27H2,1-4H3,(H2,36,38)/t29?,30?,31-,32+/m0/s1. The summed E-state index contributed by atoms with van der Waals surface area (Å²) < 4.78 is 0.